The smallest absolute Gasteiger partial charge is 0.136 e. The van der Waals surface area contributed by atoms with Crippen LogP contribution in [-0.4, -0.2) is 4.57 Å². The molecule has 2 heterocycles. The lowest BCUT2D eigenvalue weighted by Gasteiger charge is -2.27. The molecular formula is C54H36N2O. The Morgan fingerprint density at radius 2 is 0.877 bits per heavy atom. The molecule has 9 aromatic carbocycles. The molecule has 0 N–H and O–H groups in total. The van der Waals surface area contributed by atoms with E-state index in [0.29, 0.717) is 0 Å². The van der Waals surface area contributed by atoms with Gasteiger partial charge >= 0.3 is 0 Å². The molecule has 0 atom stereocenters. The highest BCUT2D eigenvalue weighted by Crippen LogP contribution is 2.41. The van der Waals surface area contributed by atoms with E-state index in [1.807, 2.05) is 12.1 Å². The van der Waals surface area contributed by atoms with E-state index in [4.69, 9.17) is 4.42 Å². The largest absolute Gasteiger partial charge is 0.456 e. The molecule has 11 aromatic rings. The lowest BCUT2D eigenvalue weighted by molar-refractivity contribution is 0.669. The van der Waals surface area contributed by atoms with Gasteiger partial charge < -0.3 is 13.9 Å². The minimum atomic E-state index is 0.898. The minimum Gasteiger partial charge on any atom is -0.456 e. The summed E-state index contributed by atoms with van der Waals surface area (Å²) in [7, 11) is 0. The van der Waals surface area contributed by atoms with Gasteiger partial charge in [0.15, 0.2) is 0 Å². The molecule has 0 saturated carbocycles. The molecule has 0 aliphatic carbocycles. The highest BCUT2D eigenvalue weighted by Gasteiger charge is 2.18. The number of aromatic nitrogens is 1. The number of hydrogen-bond donors (Lipinski definition) is 0. The second kappa shape index (κ2) is 13.6. The number of hydrogen-bond acceptors (Lipinski definition) is 2. The van der Waals surface area contributed by atoms with E-state index >= 15 is 0 Å². The Balaban J connectivity index is 1.03. The van der Waals surface area contributed by atoms with E-state index in [1.165, 1.54) is 44.1 Å². The van der Waals surface area contributed by atoms with Gasteiger partial charge in [0.2, 0.25) is 0 Å². The van der Waals surface area contributed by atoms with Gasteiger partial charge in [-0.15, -0.1) is 0 Å². The molecule has 0 spiro atoms. The summed E-state index contributed by atoms with van der Waals surface area (Å²) in [6.45, 7) is 0. The Labute approximate surface area is 330 Å². The summed E-state index contributed by atoms with van der Waals surface area (Å²) in [5, 5.41) is 4.77. The molecule has 0 saturated heterocycles. The van der Waals surface area contributed by atoms with Crippen LogP contribution in [0.5, 0.6) is 0 Å². The number of para-hydroxylation sites is 3. The summed E-state index contributed by atoms with van der Waals surface area (Å²) in [6.07, 6.45) is 0. The third-order valence-corrected chi connectivity index (χ3v) is 11.2. The van der Waals surface area contributed by atoms with Crippen molar-refractivity contribution in [3.8, 4) is 39.1 Å². The third kappa shape index (κ3) is 5.68. The van der Waals surface area contributed by atoms with Crippen LogP contribution >= 0.6 is 0 Å². The number of nitrogens with zero attached hydrogens (tertiary/aromatic N) is 2. The van der Waals surface area contributed by atoms with Crippen LogP contribution in [0.2, 0.25) is 0 Å². The SMILES string of the molecule is c1ccc(-c2cccc(N(c3ccc(-c4ccccc4-c4ccc5c(c4)oc4ccccc45)cc3)c3cccc(-n4c5ccccc5c5ccccc54)c3)c2)cc1. The second-order valence-electron chi connectivity index (χ2n) is 14.5. The topological polar surface area (TPSA) is 21.3 Å². The standard InChI is InChI=1S/C54H36N2O/c1-2-14-37(15-3-1)39-16-12-17-42(34-39)55(43-18-13-19-44(36-43)56-51-25-9-6-22-47(51)48-23-7-10-26-52(48)56)41-31-28-38(29-32-41)45-20-4-5-21-46(45)40-30-33-50-49-24-8-11-27-53(49)57-54(50)35-40/h1-36H. The fourth-order valence-corrected chi connectivity index (χ4v) is 8.54. The van der Waals surface area contributed by atoms with Gasteiger partial charge in [-0.1, -0.05) is 146 Å². The first-order chi connectivity index (χ1) is 28.3. The fourth-order valence-electron chi connectivity index (χ4n) is 8.54. The van der Waals surface area contributed by atoms with Gasteiger partial charge in [0, 0.05) is 44.3 Å². The molecule has 0 aliphatic heterocycles. The van der Waals surface area contributed by atoms with E-state index in [2.05, 4.69) is 216 Å². The minimum absolute atomic E-state index is 0.898. The number of rotatable bonds is 7. The number of fused-ring (bicyclic) bond motifs is 6. The maximum Gasteiger partial charge on any atom is 0.136 e. The third-order valence-electron chi connectivity index (χ3n) is 11.2. The van der Waals surface area contributed by atoms with E-state index in [-0.39, 0.29) is 0 Å². The van der Waals surface area contributed by atoms with Crippen LogP contribution in [-0.2, 0) is 0 Å². The van der Waals surface area contributed by atoms with E-state index < -0.39 is 0 Å². The van der Waals surface area contributed by atoms with Gasteiger partial charge in [0.1, 0.15) is 11.2 Å². The average molecular weight is 729 g/mol. The fraction of sp³-hybridized carbons (Fsp3) is 0. The molecule has 0 aliphatic rings. The Morgan fingerprint density at radius 1 is 0.316 bits per heavy atom. The Bertz CT molecular complexity index is 3190. The van der Waals surface area contributed by atoms with Crippen molar-refractivity contribution in [2.24, 2.45) is 0 Å². The molecule has 11 rings (SSSR count). The number of furan rings is 1. The zero-order valence-electron chi connectivity index (χ0n) is 31.1. The summed E-state index contributed by atoms with van der Waals surface area (Å²) in [6, 6.07) is 78.2. The lowest BCUT2D eigenvalue weighted by atomic mass is 9.94. The molecule has 0 radical (unpaired) electrons. The average Bonchev–Trinajstić information content (AvgIpc) is 3.83. The molecule has 0 amide bonds. The van der Waals surface area contributed by atoms with Crippen LogP contribution in [0, 0.1) is 0 Å². The summed E-state index contributed by atoms with van der Waals surface area (Å²) >= 11 is 0. The molecule has 3 nitrogen and oxygen atoms in total. The molecule has 268 valence electrons. The quantitative estimate of drug-likeness (QED) is 0.163. The zero-order valence-corrected chi connectivity index (χ0v) is 31.1. The van der Waals surface area contributed by atoms with Gasteiger partial charge in [0.25, 0.3) is 0 Å². The van der Waals surface area contributed by atoms with Crippen LogP contribution in [0.4, 0.5) is 17.1 Å². The van der Waals surface area contributed by atoms with Crippen molar-refractivity contribution in [1.29, 1.82) is 0 Å². The van der Waals surface area contributed by atoms with E-state index in [1.54, 1.807) is 0 Å². The highest BCUT2D eigenvalue weighted by atomic mass is 16.3. The predicted octanol–water partition coefficient (Wildman–Crippen LogP) is 15.2. The summed E-state index contributed by atoms with van der Waals surface area (Å²) in [5.74, 6) is 0. The first-order valence-corrected chi connectivity index (χ1v) is 19.4. The Kier molecular flexibility index (Phi) is 7.82. The van der Waals surface area contributed by atoms with Crippen molar-refractivity contribution in [1.82, 2.24) is 4.57 Å². The highest BCUT2D eigenvalue weighted by molar-refractivity contribution is 6.09. The molecular weight excluding hydrogens is 693 g/mol. The lowest BCUT2D eigenvalue weighted by Crippen LogP contribution is -2.10. The van der Waals surface area contributed by atoms with Crippen LogP contribution in [0.1, 0.15) is 0 Å². The normalized spacial score (nSPS) is 11.5. The number of anilines is 3. The maximum atomic E-state index is 6.29. The Hall–Kier alpha value is -7.62. The molecule has 57 heavy (non-hydrogen) atoms. The van der Waals surface area contributed by atoms with E-state index in [0.717, 1.165) is 55.8 Å². The first-order valence-electron chi connectivity index (χ1n) is 19.4. The van der Waals surface area contributed by atoms with Gasteiger partial charge in [-0.3, -0.25) is 0 Å². The van der Waals surface area contributed by atoms with Gasteiger partial charge in [-0.2, -0.15) is 0 Å². The second-order valence-corrected chi connectivity index (χ2v) is 14.5. The summed E-state index contributed by atoms with van der Waals surface area (Å²) in [5.41, 5.74) is 15.5. The van der Waals surface area contributed by atoms with Crippen molar-refractivity contribution >= 4 is 60.8 Å². The molecule has 2 aromatic heterocycles. The summed E-state index contributed by atoms with van der Waals surface area (Å²) in [4.78, 5) is 2.37. The van der Waals surface area contributed by atoms with Crippen molar-refractivity contribution in [2.45, 2.75) is 0 Å². The van der Waals surface area contributed by atoms with Gasteiger partial charge in [0.05, 0.1) is 11.0 Å². The van der Waals surface area contributed by atoms with Crippen molar-refractivity contribution in [3.63, 3.8) is 0 Å². The van der Waals surface area contributed by atoms with Crippen LogP contribution in [0.15, 0.2) is 223 Å². The monoisotopic (exact) mass is 728 g/mol. The molecule has 0 unspecified atom stereocenters. The maximum absolute atomic E-state index is 6.29. The van der Waals surface area contributed by atoms with Gasteiger partial charge in [-0.25, -0.2) is 0 Å². The van der Waals surface area contributed by atoms with Crippen LogP contribution in [0.25, 0.3) is 82.8 Å². The molecule has 0 fully saturated rings. The predicted molar refractivity (Wildman–Crippen MR) is 239 cm³/mol. The molecule has 3 heteroatoms. The first kappa shape index (κ1) is 32.8. The van der Waals surface area contributed by atoms with Crippen molar-refractivity contribution in [3.05, 3.63) is 218 Å². The molecule has 0 bridgehead atoms. The van der Waals surface area contributed by atoms with Crippen LogP contribution in [0.3, 0.4) is 0 Å². The van der Waals surface area contributed by atoms with Crippen molar-refractivity contribution in [2.75, 3.05) is 4.90 Å². The number of benzene rings is 9. The Morgan fingerprint density at radius 3 is 1.63 bits per heavy atom. The zero-order chi connectivity index (χ0) is 37.7. The van der Waals surface area contributed by atoms with E-state index in [9.17, 15) is 0 Å². The van der Waals surface area contributed by atoms with Gasteiger partial charge in [-0.05, 0) is 106 Å². The van der Waals surface area contributed by atoms with Crippen LogP contribution < -0.4 is 4.90 Å². The summed E-state index contributed by atoms with van der Waals surface area (Å²) < 4.78 is 8.67. The van der Waals surface area contributed by atoms with Crippen molar-refractivity contribution < 1.29 is 4.42 Å².